The summed E-state index contributed by atoms with van der Waals surface area (Å²) in [5.74, 6) is 1.62. The number of benzene rings is 2. The van der Waals surface area contributed by atoms with Crippen molar-refractivity contribution < 1.29 is 9.47 Å². The molecule has 1 N–H and O–H groups in total. The number of nitrogens with one attached hydrogen (secondary N) is 1. The molecular formula is C20H23N3O2. The van der Waals surface area contributed by atoms with Gasteiger partial charge in [0.25, 0.3) is 0 Å². The van der Waals surface area contributed by atoms with Gasteiger partial charge in [-0.2, -0.15) is 5.10 Å². The minimum Gasteiger partial charge on any atom is -0.497 e. The summed E-state index contributed by atoms with van der Waals surface area (Å²) in [6.45, 7) is 2.26. The highest BCUT2D eigenvalue weighted by atomic mass is 16.5. The molecule has 3 aromatic rings. The van der Waals surface area contributed by atoms with Gasteiger partial charge in [-0.15, -0.1) is 0 Å². The Morgan fingerprint density at radius 1 is 0.960 bits per heavy atom. The van der Waals surface area contributed by atoms with Crippen molar-refractivity contribution in [2.75, 3.05) is 14.2 Å². The second-order valence-corrected chi connectivity index (χ2v) is 5.81. The average molecular weight is 337 g/mol. The minimum absolute atomic E-state index is 0.719. The number of hydrogen-bond acceptors (Lipinski definition) is 4. The van der Waals surface area contributed by atoms with E-state index in [2.05, 4.69) is 28.7 Å². The maximum absolute atomic E-state index is 5.42. The molecule has 0 bridgehead atoms. The van der Waals surface area contributed by atoms with Gasteiger partial charge < -0.3 is 14.8 Å². The Labute approximate surface area is 148 Å². The maximum Gasteiger partial charge on any atom is 0.127 e. The lowest BCUT2D eigenvalue weighted by Gasteiger charge is -2.11. The van der Waals surface area contributed by atoms with Crippen LogP contribution in [0.3, 0.4) is 0 Å². The summed E-state index contributed by atoms with van der Waals surface area (Å²) in [7, 11) is 3.33. The maximum atomic E-state index is 5.42. The molecule has 130 valence electrons. The summed E-state index contributed by atoms with van der Waals surface area (Å²) in [5, 5.41) is 7.86. The molecular weight excluding hydrogens is 314 g/mol. The van der Waals surface area contributed by atoms with Crippen LogP contribution in [0.4, 0.5) is 0 Å². The van der Waals surface area contributed by atoms with Crippen LogP contribution in [0.5, 0.6) is 11.5 Å². The molecule has 1 heterocycles. The van der Waals surface area contributed by atoms with Gasteiger partial charge >= 0.3 is 0 Å². The molecule has 0 fully saturated rings. The van der Waals surface area contributed by atoms with E-state index in [9.17, 15) is 0 Å². The molecule has 5 heteroatoms. The van der Waals surface area contributed by atoms with Gasteiger partial charge in [-0.1, -0.05) is 36.4 Å². The second-order valence-electron chi connectivity index (χ2n) is 5.81. The fourth-order valence-electron chi connectivity index (χ4n) is 2.69. The van der Waals surface area contributed by atoms with Crippen molar-refractivity contribution >= 4 is 0 Å². The summed E-state index contributed by atoms with van der Waals surface area (Å²) in [6.07, 6.45) is 3.98. The average Bonchev–Trinajstić information content (AvgIpc) is 3.10. The van der Waals surface area contributed by atoms with E-state index in [-0.39, 0.29) is 0 Å². The molecule has 0 aliphatic carbocycles. The van der Waals surface area contributed by atoms with Crippen molar-refractivity contribution in [3.05, 3.63) is 77.6 Å². The first kappa shape index (κ1) is 17.0. The van der Waals surface area contributed by atoms with Crippen molar-refractivity contribution in [1.82, 2.24) is 15.1 Å². The third-order valence-corrected chi connectivity index (χ3v) is 4.01. The van der Waals surface area contributed by atoms with Crippen LogP contribution in [0.2, 0.25) is 0 Å². The molecule has 2 aromatic carbocycles. The number of ether oxygens (including phenoxy) is 2. The Hall–Kier alpha value is -2.79. The lowest BCUT2D eigenvalue weighted by molar-refractivity contribution is 0.390. The van der Waals surface area contributed by atoms with Crippen LogP contribution >= 0.6 is 0 Å². The van der Waals surface area contributed by atoms with Crippen LogP contribution in [-0.2, 0) is 19.6 Å². The number of rotatable bonds is 8. The van der Waals surface area contributed by atoms with Gasteiger partial charge in [0, 0.05) is 36.5 Å². The summed E-state index contributed by atoms with van der Waals surface area (Å²) in [5.41, 5.74) is 3.50. The van der Waals surface area contributed by atoms with Gasteiger partial charge in [-0.25, -0.2) is 0 Å². The molecule has 25 heavy (non-hydrogen) atoms. The quantitative estimate of drug-likeness (QED) is 0.685. The fourth-order valence-corrected chi connectivity index (χ4v) is 2.69. The number of aromatic nitrogens is 2. The van der Waals surface area contributed by atoms with Crippen LogP contribution in [0.15, 0.2) is 60.9 Å². The number of nitrogens with zero attached hydrogens (tertiary/aromatic N) is 2. The van der Waals surface area contributed by atoms with Crippen molar-refractivity contribution in [3.8, 4) is 11.5 Å². The summed E-state index contributed by atoms with van der Waals surface area (Å²) in [6, 6.07) is 16.2. The first-order valence-electron chi connectivity index (χ1n) is 8.25. The summed E-state index contributed by atoms with van der Waals surface area (Å²) >= 11 is 0. The van der Waals surface area contributed by atoms with Gasteiger partial charge in [0.1, 0.15) is 11.5 Å². The van der Waals surface area contributed by atoms with Gasteiger partial charge in [-0.05, 0) is 11.6 Å². The minimum atomic E-state index is 0.719. The zero-order valence-corrected chi connectivity index (χ0v) is 14.6. The van der Waals surface area contributed by atoms with Crippen LogP contribution in [-0.4, -0.2) is 24.0 Å². The molecule has 1 aromatic heterocycles. The Morgan fingerprint density at radius 2 is 1.80 bits per heavy atom. The van der Waals surface area contributed by atoms with Crippen molar-refractivity contribution in [2.45, 2.75) is 19.6 Å². The van der Waals surface area contributed by atoms with Crippen molar-refractivity contribution in [2.24, 2.45) is 0 Å². The molecule has 0 aliphatic heterocycles. The molecule has 0 aliphatic rings. The predicted molar refractivity (Wildman–Crippen MR) is 97.9 cm³/mol. The van der Waals surface area contributed by atoms with E-state index in [0.29, 0.717) is 0 Å². The largest absolute Gasteiger partial charge is 0.497 e. The first-order valence-corrected chi connectivity index (χ1v) is 8.25. The van der Waals surface area contributed by atoms with Crippen LogP contribution in [0, 0.1) is 0 Å². The van der Waals surface area contributed by atoms with E-state index >= 15 is 0 Å². The third kappa shape index (κ3) is 4.61. The van der Waals surface area contributed by atoms with Gasteiger partial charge in [0.15, 0.2) is 0 Å². The van der Waals surface area contributed by atoms with E-state index in [0.717, 1.165) is 42.3 Å². The predicted octanol–water partition coefficient (Wildman–Crippen LogP) is 3.24. The lowest BCUT2D eigenvalue weighted by Crippen LogP contribution is -2.13. The van der Waals surface area contributed by atoms with Gasteiger partial charge in [0.2, 0.25) is 0 Å². The highest BCUT2D eigenvalue weighted by molar-refractivity contribution is 5.40. The number of methoxy groups -OCH3 is 2. The van der Waals surface area contributed by atoms with Crippen LogP contribution in [0.1, 0.15) is 16.7 Å². The van der Waals surface area contributed by atoms with E-state index in [1.807, 2.05) is 47.3 Å². The molecule has 0 atom stereocenters. The van der Waals surface area contributed by atoms with Crippen LogP contribution in [0.25, 0.3) is 0 Å². The smallest absolute Gasteiger partial charge is 0.127 e. The highest BCUT2D eigenvalue weighted by Crippen LogP contribution is 2.24. The highest BCUT2D eigenvalue weighted by Gasteiger charge is 2.05. The molecule has 0 amide bonds. The summed E-state index contributed by atoms with van der Waals surface area (Å²) in [4.78, 5) is 0. The molecule has 5 nitrogen and oxygen atoms in total. The Balaban J connectivity index is 1.54. The molecule has 0 radical (unpaired) electrons. The molecule has 0 spiro atoms. The van der Waals surface area contributed by atoms with Crippen molar-refractivity contribution in [3.63, 3.8) is 0 Å². The van der Waals surface area contributed by atoms with Gasteiger partial charge in [-0.3, -0.25) is 4.68 Å². The van der Waals surface area contributed by atoms with E-state index < -0.39 is 0 Å². The molecule has 3 rings (SSSR count). The Morgan fingerprint density at radius 3 is 2.56 bits per heavy atom. The fraction of sp³-hybridized carbons (Fsp3) is 0.250. The second kappa shape index (κ2) is 8.35. The van der Waals surface area contributed by atoms with E-state index in [1.54, 1.807) is 14.2 Å². The van der Waals surface area contributed by atoms with Gasteiger partial charge in [0.05, 0.1) is 27.0 Å². The standard InChI is InChI=1S/C20H23N3O2/c1-24-19-9-8-18(20(10-19)25-2)13-21-11-17-12-22-23(15-17)14-16-6-4-3-5-7-16/h3-10,12,15,21H,11,13-14H2,1-2H3. The van der Waals surface area contributed by atoms with Crippen LogP contribution < -0.4 is 14.8 Å². The molecule has 0 saturated carbocycles. The lowest BCUT2D eigenvalue weighted by atomic mass is 10.2. The SMILES string of the molecule is COc1ccc(CNCc2cnn(Cc3ccccc3)c2)c(OC)c1. The Kier molecular flexibility index (Phi) is 5.69. The normalized spacial score (nSPS) is 10.6. The van der Waals surface area contributed by atoms with Crippen molar-refractivity contribution in [1.29, 1.82) is 0 Å². The Bertz CT molecular complexity index is 800. The summed E-state index contributed by atoms with van der Waals surface area (Å²) < 4.78 is 12.6. The monoisotopic (exact) mass is 337 g/mol. The first-order chi connectivity index (χ1) is 12.3. The van der Waals surface area contributed by atoms with E-state index in [1.165, 1.54) is 5.56 Å². The molecule has 0 saturated heterocycles. The molecule has 0 unspecified atom stereocenters. The third-order valence-electron chi connectivity index (χ3n) is 4.01. The topological polar surface area (TPSA) is 48.3 Å². The number of hydrogen-bond donors (Lipinski definition) is 1. The van der Waals surface area contributed by atoms with E-state index in [4.69, 9.17) is 9.47 Å². The zero-order chi connectivity index (χ0) is 17.5. The zero-order valence-electron chi connectivity index (χ0n) is 14.6.